The van der Waals surface area contributed by atoms with Gasteiger partial charge in [-0.05, 0) is 37.8 Å². The highest BCUT2D eigenvalue weighted by Gasteiger charge is 2.38. The molecule has 120 valence electrons. The van der Waals surface area contributed by atoms with Gasteiger partial charge in [-0.3, -0.25) is 0 Å². The molecule has 1 N–H and O–H groups in total. The van der Waals surface area contributed by atoms with E-state index in [-0.39, 0.29) is 12.6 Å². The molecule has 1 heterocycles. The van der Waals surface area contributed by atoms with Gasteiger partial charge in [0.15, 0.2) is 0 Å². The third kappa shape index (κ3) is 4.04. The van der Waals surface area contributed by atoms with Crippen molar-refractivity contribution in [2.75, 3.05) is 26.9 Å². The summed E-state index contributed by atoms with van der Waals surface area (Å²) in [5.74, 6) is 0.466. The van der Waals surface area contributed by atoms with Crippen LogP contribution in [0.5, 0.6) is 0 Å². The summed E-state index contributed by atoms with van der Waals surface area (Å²) in [4.78, 5) is 0.891. The van der Waals surface area contributed by atoms with Crippen molar-refractivity contribution in [2.24, 2.45) is 5.92 Å². The Hall–Kier alpha value is -0.470. The second-order valence-electron chi connectivity index (χ2n) is 5.38. The van der Waals surface area contributed by atoms with E-state index < -0.39 is 10.0 Å². The molecule has 7 heteroatoms. The Kier molecular flexibility index (Phi) is 5.79. The summed E-state index contributed by atoms with van der Waals surface area (Å²) in [5, 5.41) is 8.96. The van der Waals surface area contributed by atoms with Gasteiger partial charge in [0.25, 0.3) is 10.0 Å². The van der Waals surface area contributed by atoms with Crippen molar-refractivity contribution < 1.29 is 18.3 Å². The first-order valence-corrected chi connectivity index (χ1v) is 9.46. The Morgan fingerprint density at radius 2 is 2.19 bits per heavy atom. The lowest BCUT2D eigenvalue weighted by molar-refractivity contribution is 0.164. The van der Waals surface area contributed by atoms with Gasteiger partial charge in [-0.1, -0.05) is 0 Å². The smallest absolute Gasteiger partial charge is 0.252 e. The first-order chi connectivity index (χ1) is 10.0. The molecule has 0 saturated heterocycles. The molecule has 2 rings (SSSR count). The van der Waals surface area contributed by atoms with Gasteiger partial charge in [-0.2, -0.15) is 4.31 Å². The molecule has 1 aliphatic carbocycles. The fraction of sp³-hybridized carbons (Fsp3) is 0.714. The van der Waals surface area contributed by atoms with E-state index in [0.29, 0.717) is 29.7 Å². The third-order valence-corrected chi connectivity index (χ3v) is 7.43. The first kappa shape index (κ1) is 16.9. The summed E-state index contributed by atoms with van der Waals surface area (Å²) >= 11 is 1.25. The minimum absolute atomic E-state index is 0.00791. The average Bonchev–Trinajstić information content (AvgIpc) is 3.19. The molecule has 0 spiro atoms. The first-order valence-electron chi connectivity index (χ1n) is 7.21. The maximum atomic E-state index is 12.8. The van der Waals surface area contributed by atoms with Gasteiger partial charge in [0.1, 0.15) is 4.21 Å². The minimum Gasteiger partial charge on any atom is -0.396 e. The van der Waals surface area contributed by atoms with Gasteiger partial charge in [0.05, 0.1) is 6.61 Å². The second-order valence-corrected chi connectivity index (χ2v) is 8.67. The molecular formula is C14H23NO4S2. The van der Waals surface area contributed by atoms with Crippen LogP contribution in [0.4, 0.5) is 0 Å². The highest BCUT2D eigenvalue weighted by Crippen LogP contribution is 2.37. The van der Waals surface area contributed by atoms with E-state index >= 15 is 0 Å². The van der Waals surface area contributed by atoms with E-state index in [9.17, 15) is 8.42 Å². The van der Waals surface area contributed by atoms with Crippen LogP contribution in [-0.4, -0.2) is 50.7 Å². The third-order valence-electron chi connectivity index (χ3n) is 3.83. The Labute approximate surface area is 130 Å². The number of ether oxygens (including phenoxy) is 1. The largest absolute Gasteiger partial charge is 0.396 e. The predicted molar refractivity (Wildman–Crippen MR) is 83.1 cm³/mol. The molecule has 1 unspecified atom stereocenters. The zero-order chi connectivity index (χ0) is 15.5. The summed E-state index contributed by atoms with van der Waals surface area (Å²) < 4.78 is 32.7. The summed E-state index contributed by atoms with van der Waals surface area (Å²) in [6, 6.07) is 3.43. The molecule has 21 heavy (non-hydrogen) atoms. The van der Waals surface area contributed by atoms with Gasteiger partial charge in [-0.25, -0.2) is 8.42 Å². The van der Waals surface area contributed by atoms with E-state index in [1.54, 1.807) is 23.5 Å². The Balaban J connectivity index is 2.22. The van der Waals surface area contributed by atoms with Crippen molar-refractivity contribution in [3.8, 4) is 0 Å². The Bertz CT molecular complexity index is 551. The van der Waals surface area contributed by atoms with Gasteiger partial charge >= 0.3 is 0 Å². The van der Waals surface area contributed by atoms with Crippen LogP contribution in [-0.2, 0) is 21.2 Å². The highest BCUT2D eigenvalue weighted by molar-refractivity contribution is 7.91. The van der Waals surface area contributed by atoms with Crippen LogP contribution in [0.25, 0.3) is 0 Å². The standard InChI is InChI=1S/C14H23NO4S2/c1-11(12-3-4-12)15(8-10-19-2)21(17,18)14-6-5-13(20-14)7-9-16/h5-6,11-12,16H,3-4,7-10H2,1-2H3. The SMILES string of the molecule is COCCN(C(C)C1CC1)S(=O)(=O)c1ccc(CCO)s1. The molecule has 1 aliphatic rings. The molecule has 1 aromatic heterocycles. The lowest BCUT2D eigenvalue weighted by Crippen LogP contribution is -2.41. The molecule has 1 aromatic rings. The molecule has 1 atom stereocenters. The van der Waals surface area contributed by atoms with Crippen molar-refractivity contribution in [1.82, 2.24) is 4.31 Å². The van der Waals surface area contributed by atoms with Crippen LogP contribution in [0.15, 0.2) is 16.3 Å². The van der Waals surface area contributed by atoms with E-state index in [1.165, 1.54) is 11.3 Å². The molecule has 0 aliphatic heterocycles. The molecule has 0 bridgehead atoms. The van der Waals surface area contributed by atoms with Gasteiger partial charge < -0.3 is 9.84 Å². The average molecular weight is 333 g/mol. The molecule has 1 fully saturated rings. The number of rotatable bonds is 9. The van der Waals surface area contributed by atoms with Crippen LogP contribution in [0.3, 0.4) is 0 Å². The quantitative estimate of drug-likeness (QED) is 0.747. The Morgan fingerprint density at radius 3 is 2.76 bits per heavy atom. The number of methoxy groups -OCH3 is 1. The molecule has 0 aromatic carbocycles. The van der Waals surface area contributed by atoms with Crippen molar-refractivity contribution in [3.05, 3.63) is 17.0 Å². The number of sulfonamides is 1. The molecular weight excluding hydrogens is 310 g/mol. The fourth-order valence-corrected chi connectivity index (χ4v) is 5.54. The van der Waals surface area contributed by atoms with Crippen LogP contribution in [0, 0.1) is 5.92 Å². The molecule has 1 saturated carbocycles. The number of aliphatic hydroxyl groups excluding tert-OH is 1. The monoisotopic (exact) mass is 333 g/mol. The van der Waals surface area contributed by atoms with Gasteiger partial charge in [-0.15, -0.1) is 11.3 Å². The molecule has 0 amide bonds. The van der Waals surface area contributed by atoms with Gasteiger partial charge in [0.2, 0.25) is 0 Å². The normalized spacial score (nSPS) is 17.3. The van der Waals surface area contributed by atoms with Crippen molar-refractivity contribution >= 4 is 21.4 Å². The number of hydrogen-bond acceptors (Lipinski definition) is 5. The van der Waals surface area contributed by atoms with E-state index in [2.05, 4.69) is 0 Å². The topological polar surface area (TPSA) is 66.8 Å². The number of nitrogens with zero attached hydrogens (tertiary/aromatic N) is 1. The van der Waals surface area contributed by atoms with Crippen LogP contribution >= 0.6 is 11.3 Å². The molecule has 5 nitrogen and oxygen atoms in total. The van der Waals surface area contributed by atoms with Crippen molar-refractivity contribution in [1.29, 1.82) is 0 Å². The lowest BCUT2D eigenvalue weighted by Gasteiger charge is -2.27. The summed E-state index contributed by atoms with van der Waals surface area (Å²) in [5.41, 5.74) is 0. The highest BCUT2D eigenvalue weighted by atomic mass is 32.2. The van der Waals surface area contributed by atoms with Crippen molar-refractivity contribution in [2.45, 2.75) is 36.4 Å². The second kappa shape index (κ2) is 7.19. The van der Waals surface area contributed by atoms with Crippen LogP contribution < -0.4 is 0 Å². The lowest BCUT2D eigenvalue weighted by atomic mass is 10.2. The maximum Gasteiger partial charge on any atom is 0.252 e. The fourth-order valence-electron chi connectivity index (χ4n) is 2.39. The van der Waals surface area contributed by atoms with Crippen LogP contribution in [0.1, 0.15) is 24.6 Å². The predicted octanol–water partition coefficient (Wildman–Crippen LogP) is 1.72. The van der Waals surface area contributed by atoms with Crippen LogP contribution in [0.2, 0.25) is 0 Å². The zero-order valence-electron chi connectivity index (χ0n) is 12.5. The summed E-state index contributed by atoms with van der Waals surface area (Å²) in [6.07, 6.45) is 2.69. The minimum atomic E-state index is -3.48. The number of aliphatic hydroxyl groups is 1. The number of hydrogen-bond donors (Lipinski definition) is 1. The van der Waals surface area contributed by atoms with E-state index in [1.807, 2.05) is 6.92 Å². The zero-order valence-corrected chi connectivity index (χ0v) is 14.1. The van der Waals surface area contributed by atoms with Crippen molar-refractivity contribution in [3.63, 3.8) is 0 Å². The van der Waals surface area contributed by atoms with Gasteiger partial charge in [0, 0.05) is 37.6 Å². The summed E-state index contributed by atoms with van der Waals surface area (Å²) in [6.45, 7) is 2.79. The van der Waals surface area contributed by atoms with E-state index in [0.717, 1.165) is 17.7 Å². The van der Waals surface area contributed by atoms with E-state index in [4.69, 9.17) is 9.84 Å². The summed E-state index contributed by atoms with van der Waals surface area (Å²) in [7, 11) is -1.90. The maximum absolute atomic E-state index is 12.8. The number of thiophene rings is 1. The molecule has 0 radical (unpaired) electrons. The Morgan fingerprint density at radius 1 is 1.48 bits per heavy atom.